The standard InChI is InChI=1S/C12H11F5O2.C11H9F5O2.C11H10F4O2.C10H7F5O2.3C10H8F4O2/c1-2-5-19-7(18)4-3-6-8(13)10(15)12(17)11(16)9(6)14;1-2-3-18-6(17)4-5-7(12)9(14)11(16)10(15)8(5)13;1-3-4-17-11(16)6-9(14)7(12)5(2)8(13)10(6)15;1-2-3-17-10(16)4-5(11)7(13)9(15)8(14)6(4)12;1-2-3-16-10(15)7-8(13)5(11)4-6(12)9(7)14;1-2-3-16-10(15)7-5(11)4-6(12)8(13)9(7)14;1-2-3-16-10(15)5-4-6(11)8(13)9(14)7(5)12/h2-5H2,1H3;2-4H2,1H3;3-4H2,1-2H3;2-3H2,1H3;3*4H,2-3H2,1H3. The van der Waals surface area contributed by atoms with Crippen molar-refractivity contribution in [2.75, 3.05) is 46.2 Å². The van der Waals surface area contributed by atoms with Crippen LogP contribution in [0.2, 0.25) is 0 Å². The van der Waals surface area contributed by atoms with Gasteiger partial charge in [-0.25, -0.2) is 160 Å². The molecule has 0 aliphatic rings. The summed E-state index contributed by atoms with van der Waals surface area (Å²) in [5, 5.41) is 0. The molecule has 7 aromatic carbocycles. The van der Waals surface area contributed by atoms with Crippen LogP contribution in [0.25, 0.3) is 0 Å². The molecule has 0 aliphatic carbocycles. The smallest absolute Gasteiger partial charge is 0.344 e. The zero-order chi connectivity index (χ0) is 91.6. The highest BCUT2D eigenvalue weighted by atomic mass is 19.2. The fourth-order valence-corrected chi connectivity index (χ4v) is 7.87. The zero-order valence-corrected chi connectivity index (χ0v) is 62.2. The summed E-state index contributed by atoms with van der Waals surface area (Å²) in [6.07, 6.45) is 1.06. The highest BCUT2D eigenvalue weighted by molar-refractivity contribution is 5.92. The van der Waals surface area contributed by atoms with Crippen molar-refractivity contribution >= 4 is 41.8 Å². The summed E-state index contributed by atoms with van der Waals surface area (Å²) in [4.78, 5) is 77.9. The first-order chi connectivity index (χ1) is 55.6. The summed E-state index contributed by atoms with van der Waals surface area (Å²) >= 11 is 0. The molecule has 0 N–H and O–H groups in total. The van der Waals surface area contributed by atoms with Gasteiger partial charge in [-0.05, 0) is 64.4 Å². The topological polar surface area (TPSA) is 184 Å². The fraction of sp³-hybridized carbons (Fsp3) is 0.338. The van der Waals surface area contributed by atoms with Crippen molar-refractivity contribution in [3.63, 3.8) is 0 Å². The van der Waals surface area contributed by atoms with Crippen LogP contribution in [0.3, 0.4) is 0 Å². The number of ether oxygens (including phenoxy) is 7. The molecule has 0 unspecified atom stereocenters. The Morgan fingerprint density at radius 3 is 0.815 bits per heavy atom. The molecule has 0 aromatic heterocycles. The Kier molecular flexibility index (Phi) is 44.8. The normalized spacial score (nSPS) is 10.4. The Balaban J connectivity index is 0.000000695. The molecule has 0 saturated heterocycles. The van der Waals surface area contributed by atoms with Gasteiger partial charge in [0.05, 0.1) is 52.7 Å². The quantitative estimate of drug-likeness (QED) is 0.0183. The van der Waals surface area contributed by atoms with Crippen molar-refractivity contribution in [2.24, 2.45) is 0 Å². The van der Waals surface area contributed by atoms with E-state index in [0.717, 1.165) is 6.92 Å². The van der Waals surface area contributed by atoms with Crippen LogP contribution < -0.4 is 0 Å². The molecule has 119 heavy (non-hydrogen) atoms. The fourth-order valence-electron chi connectivity index (χ4n) is 7.87. The second-order valence-corrected chi connectivity index (χ2v) is 22.6. The van der Waals surface area contributed by atoms with Gasteiger partial charge in [-0.2, -0.15) is 0 Å². The third-order valence-electron chi connectivity index (χ3n) is 13.7. The maximum atomic E-state index is 13.3. The number of rotatable bonds is 24. The lowest BCUT2D eigenvalue weighted by Crippen LogP contribution is -2.15. The van der Waals surface area contributed by atoms with Gasteiger partial charge in [-0.15, -0.1) is 0 Å². The number of carbonyl (C=O) groups is 7. The Labute approximate surface area is 652 Å². The van der Waals surface area contributed by atoms with E-state index >= 15 is 0 Å². The summed E-state index contributed by atoms with van der Waals surface area (Å²) in [7, 11) is 0. The predicted octanol–water partition coefficient (Wildman–Crippen LogP) is 20.6. The molecule has 0 bridgehead atoms. The Morgan fingerprint density at radius 2 is 0.462 bits per heavy atom. The van der Waals surface area contributed by atoms with Crippen LogP contribution in [0.5, 0.6) is 0 Å². The van der Waals surface area contributed by atoms with Crippen LogP contribution in [0.4, 0.5) is 136 Å². The van der Waals surface area contributed by atoms with Crippen molar-refractivity contribution in [1.82, 2.24) is 0 Å². The maximum Gasteiger partial charge on any atom is 0.344 e. The number of hydrogen-bond acceptors (Lipinski definition) is 14. The monoisotopic (exact) mass is 1760 g/mol. The van der Waals surface area contributed by atoms with E-state index in [1.807, 2.05) is 0 Å². The molecule has 0 saturated carbocycles. The van der Waals surface area contributed by atoms with E-state index in [1.54, 1.807) is 48.5 Å². The van der Waals surface area contributed by atoms with E-state index in [1.165, 1.54) is 0 Å². The lowest BCUT2D eigenvalue weighted by atomic mass is 10.1. The minimum Gasteiger partial charge on any atom is -0.466 e. The second-order valence-electron chi connectivity index (χ2n) is 22.6. The van der Waals surface area contributed by atoms with Gasteiger partial charge in [0.2, 0.25) is 17.5 Å². The molecule has 0 spiro atoms. The van der Waals surface area contributed by atoms with Crippen molar-refractivity contribution in [1.29, 1.82) is 0 Å². The summed E-state index contributed by atoms with van der Waals surface area (Å²) in [5.41, 5.74) is -9.43. The summed E-state index contributed by atoms with van der Waals surface area (Å²) < 4.78 is 432. The van der Waals surface area contributed by atoms with Crippen molar-refractivity contribution in [3.8, 4) is 0 Å². The molecule has 14 nitrogen and oxygen atoms in total. The van der Waals surface area contributed by atoms with Crippen LogP contribution >= 0.6 is 0 Å². The summed E-state index contributed by atoms with van der Waals surface area (Å²) in [5.74, 6) is -68.1. The van der Waals surface area contributed by atoms with Gasteiger partial charge in [-0.3, -0.25) is 9.59 Å². The number of benzene rings is 7. The largest absolute Gasteiger partial charge is 0.466 e. The molecule has 45 heteroatoms. The summed E-state index contributed by atoms with van der Waals surface area (Å²) in [6.45, 7) is 12.3. The van der Waals surface area contributed by atoms with Gasteiger partial charge in [0.25, 0.3) is 0 Å². The van der Waals surface area contributed by atoms with Gasteiger partial charge in [-0.1, -0.05) is 48.5 Å². The Bertz CT molecular complexity index is 4550. The zero-order valence-electron chi connectivity index (χ0n) is 62.2. The number of carbonyl (C=O) groups excluding carboxylic acids is 7. The molecule has 0 atom stereocenters. The minimum atomic E-state index is -2.31. The van der Waals surface area contributed by atoms with Gasteiger partial charge >= 0.3 is 41.8 Å². The Morgan fingerprint density at radius 1 is 0.227 bits per heavy atom. The molecule has 0 fully saturated rings. The Hall–Kier alpha value is -11.3. The third kappa shape index (κ3) is 28.7. The highest BCUT2D eigenvalue weighted by Crippen LogP contribution is 2.30. The van der Waals surface area contributed by atoms with Crippen LogP contribution in [0.1, 0.15) is 168 Å². The molecule has 0 radical (unpaired) electrons. The van der Waals surface area contributed by atoms with Crippen molar-refractivity contribution < 1.29 is 203 Å². The SMILES string of the molecule is CCCOC(=O)CCc1c(F)c(F)c(F)c(F)c1F.CCCOC(=O)Cc1c(F)c(F)c(F)c(F)c1F.CCCOC(=O)c1c(F)c(F)c(C)c(F)c1F.CCCOC(=O)c1c(F)c(F)c(F)c(F)c1F.CCCOC(=O)c1c(F)c(F)cc(F)c1F.CCCOC(=O)c1c(F)cc(F)c(F)c1F.CCCOC(=O)c1cc(F)c(F)c(F)c1F. The van der Waals surface area contributed by atoms with Gasteiger partial charge < -0.3 is 33.2 Å². The molecular weight excluding hydrogens is 1700 g/mol. The lowest BCUT2D eigenvalue weighted by molar-refractivity contribution is -0.144. The maximum absolute atomic E-state index is 13.3. The van der Waals surface area contributed by atoms with E-state index in [2.05, 4.69) is 33.2 Å². The van der Waals surface area contributed by atoms with Crippen LogP contribution in [-0.2, 0) is 55.6 Å². The highest BCUT2D eigenvalue weighted by Gasteiger charge is 2.34. The lowest BCUT2D eigenvalue weighted by Gasteiger charge is -2.09. The molecule has 658 valence electrons. The van der Waals surface area contributed by atoms with E-state index < -0.39 is 286 Å². The van der Waals surface area contributed by atoms with Crippen LogP contribution in [-0.4, -0.2) is 88.0 Å². The van der Waals surface area contributed by atoms with E-state index in [0.29, 0.717) is 44.9 Å². The predicted molar refractivity (Wildman–Crippen MR) is 346 cm³/mol. The second kappa shape index (κ2) is 50.4. The molecule has 7 aromatic rings. The van der Waals surface area contributed by atoms with Gasteiger partial charge in [0.15, 0.2) is 157 Å². The van der Waals surface area contributed by atoms with Crippen molar-refractivity contribution in [3.05, 3.63) is 243 Å². The molecule has 0 amide bonds. The van der Waals surface area contributed by atoms with Crippen molar-refractivity contribution in [2.45, 2.75) is 120 Å². The molecule has 7 rings (SSSR count). The number of hydrogen-bond donors (Lipinski definition) is 0. The average Bonchev–Trinajstić information content (AvgIpc) is 0.909. The average molecular weight is 1760 g/mol. The van der Waals surface area contributed by atoms with E-state index in [4.69, 9.17) is 0 Å². The minimum absolute atomic E-state index is 0.00817. The number of esters is 7. The molecule has 0 aliphatic heterocycles. The van der Waals surface area contributed by atoms with Crippen LogP contribution in [0, 0.1) is 187 Å². The van der Waals surface area contributed by atoms with Crippen LogP contribution in [0.15, 0.2) is 18.2 Å². The molecular formula is C74H61F31O14. The van der Waals surface area contributed by atoms with E-state index in [-0.39, 0.29) is 64.4 Å². The van der Waals surface area contributed by atoms with Gasteiger partial charge in [0, 0.05) is 35.2 Å². The van der Waals surface area contributed by atoms with Gasteiger partial charge in [0.1, 0.15) is 33.6 Å². The first-order valence-electron chi connectivity index (χ1n) is 33.6. The third-order valence-corrected chi connectivity index (χ3v) is 13.7. The number of halogens is 31. The molecule has 0 heterocycles. The first-order valence-corrected chi connectivity index (χ1v) is 33.6. The summed E-state index contributed by atoms with van der Waals surface area (Å²) in [6, 6.07) is 0.397. The van der Waals surface area contributed by atoms with E-state index in [9.17, 15) is 170 Å². The first kappa shape index (κ1) is 106.